The predicted octanol–water partition coefficient (Wildman–Crippen LogP) is 3.44. The maximum absolute atomic E-state index is 12.7. The first kappa shape index (κ1) is 16.4. The Hall–Kier alpha value is -1.64. The topological polar surface area (TPSA) is 48.4 Å². The van der Waals surface area contributed by atoms with Gasteiger partial charge >= 0.3 is 12.3 Å². The van der Waals surface area contributed by atoms with Crippen LogP contribution in [0.3, 0.4) is 0 Å². The van der Waals surface area contributed by atoms with Gasteiger partial charge in [-0.25, -0.2) is 13.6 Å². The minimum atomic E-state index is -5.12. The third kappa shape index (κ3) is 3.69. The van der Waals surface area contributed by atoms with E-state index in [1.165, 1.54) is 0 Å². The molecule has 0 bridgehead atoms. The summed E-state index contributed by atoms with van der Waals surface area (Å²) in [5, 5.41) is 0. The molecule has 0 unspecified atom stereocenters. The van der Waals surface area contributed by atoms with Crippen molar-refractivity contribution in [3.05, 3.63) is 23.0 Å². The molecule has 0 aliphatic rings. The number of ether oxygens (including phenoxy) is 2. The summed E-state index contributed by atoms with van der Waals surface area (Å²) >= 11 is 5.41. The molecule has 1 heterocycles. The van der Waals surface area contributed by atoms with Crippen LogP contribution in [0.25, 0.3) is 0 Å². The molecule has 1 aromatic rings. The van der Waals surface area contributed by atoms with Crippen molar-refractivity contribution in [2.45, 2.75) is 18.7 Å². The van der Waals surface area contributed by atoms with E-state index in [9.17, 15) is 26.7 Å². The first-order valence-corrected chi connectivity index (χ1v) is 5.44. The van der Waals surface area contributed by atoms with E-state index in [0.717, 1.165) is 7.11 Å². The van der Waals surface area contributed by atoms with Gasteiger partial charge in [-0.05, 0) is 0 Å². The van der Waals surface area contributed by atoms with Gasteiger partial charge in [-0.15, -0.1) is 24.8 Å². The second kappa shape index (κ2) is 6.21. The molecule has 0 spiro atoms. The quantitative estimate of drug-likeness (QED) is 0.484. The number of carbonyl (C=O) groups is 1. The fraction of sp³-hybridized carbons (Fsp3) is 0.400. The van der Waals surface area contributed by atoms with Crippen molar-refractivity contribution in [3.63, 3.8) is 0 Å². The van der Waals surface area contributed by atoms with Gasteiger partial charge in [0.05, 0.1) is 19.2 Å². The van der Waals surface area contributed by atoms with E-state index in [1.54, 1.807) is 0 Å². The molecule has 0 atom stereocenters. The number of nitrogens with zero attached hydrogens (tertiary/aromatic N) is 1. The summed E-state index contributed by atoms with van der Waals surface area (Å²) in [4.78, 5) is 14.6. The SMILES string of the molecule is COC(=O)c1c(OC(F)(F)F)cnc(C(F)F)c1CCl. The third-order valence-corrected chi connectivity index (χ3v) is 2.40. The maximum atomic E-state index is 12.7. The number of carbonyl (C=O) groups excluding carboxylic acids is 1. The second-order valence-corrected chi connectivity index (χ2v) is 3.60. The van der Waals surface area contributed by atoms with E-state index in [0.29, 0.717) is 6.20 Å². The lowest BCUT2D eigenvalue weighted by Gasteiger charge is -2.16. The van der Waals surface area contributed by atoms with E-state index in [2.05, 4.69) is 14.5 Å². The maximum Gasteiger partial charge on any atom is 0.573 e. The fourth-order valence-corrected chi connectivity index (χ4v) is 1.67. The second-order valence-electron chi connectivity index (χ2n) is 3.33. The molecule has 1 rings (SSSR count). The molecule has 0 amide bonds. The van der Waals surface area contributed by atoms with Gasteiger partial charge in [0.1, 0.15) is 11.3 Å². The number of aromatic nitrogens is 1. The van der Waals surface area contributed by atoms with Gasteiger partial charge in [-0.2, -0.15) is 0 Å². The van der Waals surface area contributed by atoms with Crippen LogP contribution < -0.4 is 4.74 Å². The number of alkyl halides is 6. The van der Waals surface area contributed by atoms with Crippen LogP contribution in [0.2, 0.25) is 0 Å². The highest BCUT2D eigenvalue weighted by molar-refractivity contribution is 6.18. The summed E-state index contributed by atoms with van der Waals surface area (Å²) in [7, 11) is 0.875. The predicted molar refractivity (Wildman–Crippen MR) is 56.8 cm³/mol. The summed E-state index contributed by atoms with van der Waals surface area (Å²) in [6.45, 7) is 0. The number of methoxy groups -OCH3 is 1. The lowest BCUT2D eigenvalue weighted by Crippen LogP contribution is -2.21. The van der Waals surface area contributed by atoms with Crippen molar-refractivity contribution in [1.82, 2.24) is 4.98 Å². The molecule has 10 heteroatoms. The minimum absolute atomic E-state index is 0.372. The Morgan fingerprint density at radius 1 is 1.45 bits per heavy atom. The highest BCUT2D eigenvalue weighted by Gasteiger charge is 2.35. The highest BCUT2D eigenvalue weighted by Crippen LogP contribution is 2.33. The average molecular weight is 320 g/mol. The number of rotatable bonds is 4. The van der Waals surface area contributed by atoms with Crippen LogP contribution in [0.1, 0.15) is 28.0 Å². The molecular formula is C10H7ClF5NO3. The smallest absolute Gasteiger partial charge is 0.465 e. The Balaban J connectivity index is 3.49. The molecule has 0 saturated heterocycles. The Labute approximate surface area is 114 Å². The summed E-state index contributed by atoms with van der Waals surface area (Å²) in [5.41, 5.74) is -2.31. The molecule has 0 aliphatic carbocycles. The van der Waals surface area contributed by atoms with Crippen LogP contribution in [-0.4, -0.2) is 24.4 Å². The number of halogens is 6. The first-order valence-electron chi connectivity index (χ1n) is 4.91. The Morgan fingerprint density at radius 3 is 2.45 bits per heavy atom. The number of hydrogen-bond acceptors (Lipinski definition) is 4. The zero-order chi connectivity index (χ0) is 15.5. The molecule has 0 N–H and O–H groups in total. The van der Waals surface area contributed by atoms with E-state index >= 15 is 0 Å². The molecule has 0 saturated carbocycles. The Bertz CT molecular complexity index is 506. The third-order valence-electron chi connectivity index (χ3n) is 2.13. The monoisotopic (exact) mass is 319 g/mol. The average Bonchev–Trinajstić information content (AvgIpc) is 2.34. The molecule has 1 aromatic heterocycles. The van der Waals surface area contributed by atoms with E-state index in [4.69, 9.17) is 11.6 Å². The highest BCUT2D eigenvalue weighted by atomic mass is 35.5. The molecule has 20 heavy (non-hydrogen) atoms. The number of hydrogen-bond donors (Lipinski definition) is 0. The zero-order valence-corrected chi connectivity index (χ0v) is 10.6. The standard InChI is InChI=1S/C10H7ClF5NO3/c1-19-9(18)6-4(2-11)7(8(12)13)17-3-5(6)20-10(14,15)16/h3,8H,2H2,1H3. The molecule has 0 aromatic carbocycles. The molecule has 0 radical (unpaired) electrons. The van der Waals surface area contributed by atoms with Gasteiger partial charge in [0.2, 0.25) is 0 Å². The number of esters is 1. The van der Waals surface area contributed by atoms with Gasteiger partial charge in [-0.1, -0.05) is 0 Å². The lowest BCUT2D eigenvalue weighted by atomic mass is 10.1. The molecular weight excluding hydrogens is 313 g/mol. The normalized spacial score (nSPS) is 11.6. The van der Waals surface area contributed by atoms with Crippen LogP contribution in [0, 0.1) is 0 Å². The Morgan fingerprint density at radius 2 is 2.05 bits per heavy atom. The molecule has 0 fully saturated rings. The first-order chi connectivity index (χ1) is 9.21. The lowest BCUT2D eigenvalue weighted by molar-refractivity contribution is -0.274. The van der Waals surface area contributed by atoms with Crippen molar-refractivity contribution in [3.8, 4) is 5.75 Å². The molecule has 4 nitrogen and oxygen atoms in total. The zero-order valence-electron chi connectivity index (χ0n) is 9.80. The molecule has 112 valence electrons. The van der Waals surface area contributed by atoms with Crippen LogP contribution in [-0.2, 0) is 10.6 Å². The number of pyridine rings is 1. The Kier molecular flexibility index (Phi) is 5.09. The van der Waals surface area contributed by atoms with Crippen LogP contribution in [0.4, 0.5) is 22.0 Å². The van der Waals surface area contributed by atoms with E-state index < -0.39 is 47.2 Å². The van der Waals surface area contributed by atoms with Crippen LogP contribution >= 0.6 is 11.6 Å². The van der Waals surface area contributed by atoms with Crippen molar-refractivity contribution in [2.75, 3.05) is 7.11 Å². The molecule has 0 aliphatic heterocycles. The summed E-state index contributed by atoms with van der Waals surface area (Å²) in [5.74, 6) is -3.00. The van der Waals surface area contributed by atoms with Gasteiger partial charge in [-0.3, -0.25) is 4.98 Å². The summed E-state index contributed by atoms with van der Waals surface area (Å²) < 4.78 is 69.8. The van der Waals surface area contributed by atoms with Gasteiger partial charge in [0.25, 0.3) is 6.43 Å². The van der Waals surface area contributed by atoms with Crippen molar-refractivity contribution in [1.29, 1.82) is 0 Å². The minimum Gasteiger partial charge on any atom is -0.465 e. The van der Waals surface area contributed by atoms with Crippen LogP contribution in [0.5, 0.6) is 5.75 Å². The van der Waals surface area contributed by atoms with E-state index in [1.807, 2.05) is 0 Å². The fourth-order valence-electron chi connectivity index (χ4n) is 1.40. The van der Waals surface area contributed by atoms with Crippen LogP contribution in [0.15, 0.2) is 6.20 Å². The van der Waals surface area contributed by atoms with Gasteiger partial charge in [0, 0.05) is 5.56 Å². The van der Waals surface area contributed by atoms with Crippen molar-refractivity contribution >= 4 is 17.6 Å². The van der Waals surface area contributed by atoms with Gasteiger partial charge in [0.15, 0.2) is 5.75 Å². The summed E-state index contributed by atoms with van der Waals surface area (Å²) in [6.07, 6.45) is -7.87. The largest absolute Gasteiger partial charge is 0.573 e. The van der Waals surface area contributed by atoms with Gasteiger partial charge < -0.3 is 9.47 Å². The summed E-state index contributed by atoms with van der Waals surface area (Å²) in [6, 6.07) is 0. The van der Waals surface area contributed by atoms with E-state index in [-0.39, 0.29) is 0 Å². The van der Waals surface area contributed by atoms with Crippen molar-refractivity contribution in [2.24, 2.45) is 0 Å². The van der Waals surface area contributed by atoms with Crippen molar-refractivity contribution < 1.29 is 36.2 Å².